The number of nitrogens with one attached hydrogen (secondary N) is 1. The van der Waals surface area contributed by atoms with E-state index < -0.39 is 17.8 Å². The SMILES string of the molecule is O=C(Cn1ccc(C(F)(F)F)n1)NC1CCCC1CO. The van der Waals surface area contributed by atoms with Crippen LogP contribution in [0.5, 0.6) is 0 Å². The van der Waals surface area contributed by atoms with E-state index in [0.29, 0.717) is 0 Å². The normalized spacial score (nSPS) is 23.0. The number of nitrogens with zero attached hydrogens (tertiary/aromatic N) is 2. The Hall–Kier alpha value is -1.57. The minimum absolute atomic E-state index is 0.00490. The highest BCUT2D eigenvalue weighted by atomic mass is 19.4. The van der Waals surface area contributed by atoms with E-state index in [4.69, 9.17) is 5.11 Å². The van der Waals surface area contributed by atoms with Gasteiger partial charge in [0.15, 0.2) is 5.69 Å². The van der Waals surface area contributed by atoms with Crippen molar-refractivity contribution in [1.29, 1.82) is 0 Å². The lowest BCUT2D eigenvalue weighted by molar-refractivity contribution is -0.141. The van der Waals surface area contributed by atoms with Crippen LogP contribution in [0, 0.1) is 5.92 Å². The average Bonchev–Trinajstić information content (AvgIpc) is 2.97. The molecule has 20 heavy (non-hydrogen) atoms. The van der Waals surface area contributed by atoms with Crippen LogP contribution in [-0.2, 0) is 17.5 Å². The highest BCUT2D eigenvalue weighted by molar-refractivity contribution is 5.76. The van der Waals surface area contributed by atoms with Crippen molar-refractivity contribution in [2.45, 2.75) is 38.0 Å². The van der Waals surface area contributed by atoms with Gasteiger partial charge in [0.25, 0.3) is 0 Å². The fourth-order valence-electron chi connectivity index (χ4n) is 2.45. The zero-order chi connectivity index (χ0) is 14.8. The van der Waals surface area contributed by atoms with E-state index in [1.165, 1.54) is 0 Å². The Labute approximate surface area is 113 Å². The topological polar surface area (TPSA) is 67.2 Å². The van der Waals surface area contributed by atoms with Gasteiger partial charge >= 0.3 is 6.18 Å². The van der Waals surface area contributed by atoms with E-state index in [1.54, 1.807) is 0 Å². The lowest BCUT2D eigenvalue weighted by Gasteiger charge is -2.18. The standard InChI is InChI=1S/C12H16F3N3O2/c13-12(14,15)10-4-5-18(17-10)6-11(20)16-9-3-1-2-8(9)7-19/h4-5,8-9,19H,1-3,6-7H2,(H,16,20). The second kappa shape index (κ2) is 5.82. The third kappa shape index (κ3) is 3.50. The third-order valence-electron chi connectivity index (χ3n) is 3.48. The van der Waals surface area contributed by atoms with Crippen molar-refractivity contribution in [2.24, 2.45) is 5.92 Å². The first-order chi connectivity index (χ1) is 9.40. The van der Waals surface area contributed by atoms with E-state index in [9.17, 15) is 18.0 Å². The summed E-state index contributed by atoms with van der Waals surface area (Å²) in [5.74, 6) is -0.366. The minimum atomic E-state index is -4.50. The summed E-state index contributed by atoms with van der Waals surface area (Å²) in [4.78, 5) is 11.8. The first-order valence-electron chi connectivity index (χ1n) is 6.41. The van der Waals surface area contributed by atoms with Gasteiger partial charge in [0, 0.05) is 24.8 Å². The molecule has 5 nitrogen and oxygen atoms in total. The molecule has 112 valence electrons. The largest absolute Gasteiger partial charge is 0.435 e. The molecule has 1 aliphatic carbocycles. The van der Waals surface area contributed by atoms with Crippen LogP contribution in [0.25, 0.3) is 0 Å². The molecule has 2 atom stereocenters. The molecule has 0 aliphatic heterocycles. The minimum Gasteiger partial charge on any atom is -0.396 e. The molecular formula is C12H16F3N3O2. The van der Waals surface area contributed by atoms with Crippen molar-refractivity contribution in [2.75, 3.05) is 6.61 Å². The van der Waals surface area contributed by atoms with Crippen LogP contribution in [-0.4, -0.2) is 33.4 Å². The molecule has 0 radical (unpaired) electrons. The summed E-state index contributed by atoms with van der Waals surface area (Å²) in [5.41, 5.74) is -1.01. The maximum Gasteiger partial charge on any atom is 0.435 e. The van der Waals surface area contributed by atoms with E-state index in [0.717, 1.165) is 36.2 Å². The Balaban J connectivity index is 1.90. The molecule has 1 aromatic heterocycles. The molecule has 0 spiro atoms. The van der Waals surface area contributed by atoms with Gasteiger partial charge in [-0.05, 0) is 18.9 Å². The maximum atomic E-state index is 12.4. The van der Waals surface area contributed by atoms with Gasteiger partial charge in [0.2, 0.25) is 5.91 Å². The molecule has 2 N–H and O–H groups in total. The molecule has 2 unspecified atom stereocenters. The molecule has 0 saturated heterocycles. The summed E-state index contributed by atoms with van der Waals surface area (Å²) in [6, 6.07) is 0.726. The molecular weight excluding hydrogens is 275 g/mol. The second-order valence-electron chi connectivity index (χ2n) is 4.94. The third-order valence-corrected chi connectivity index (χ3v) is 3.48. The highest BCUT2D eigenvalue weighted by Gasteiger charge is 2.34. The van der Waals surface area contributed by atoms with Gasteiger partial charge in [-0.1, -0.05) is 6.42 Å². The van der Waals surface area contributed by atoms with Crippen LogP contribution in [0.15, 0.2) is 12.3 Å². The molecule has 1 aromatic rings. The molecule has 8 heteroatoms. The summed E-state index contributed by atoms with van der Waals surface area (Å²) in [7, 11) is 0. The van der Waals surface area contributed by atoms with Gasteiger partial charge in [0.05, 0.1) is 0 Å². The molecule has 1 saturated carbocycles. The number of hydrogen-bond donors (Lipinski definition) is 2. The van der Waals surface area contributed by atoms with Crippen molar-refractivity contribution in [1.82, 2.24) is 15.1 Å². The quantitative estimate of drug-likeness (QED) is 0.875. The number of rotatable bonds is 4. The van der Waals surface area contributed by atoms with Gasteiger partial charge in [-0.3, -0.25) is 9.48 Å². The molecule has 1 amide bonds. The number of aliphatic hydroxyl groups is 1. The first kappa shape index (κ1) is 14.8. The van der Waals surface area contributed by atoms with Crippen molar-refractivity contribution in [3.63, 3.8) is 0 Å². The summed E-state index contributed by atoms with van der Waals surface area (Å²) in [5, 5.41) is 15.2. The van der Waals surface area contributed by atoms with Crippen LogP contribution in [0.1, 0.15) is 25.0 Å². The Morgan fingerprint density at radius 2 is 2.25 bits per heavy atom. The Morgan fingerprint density at radius 1 is 1.50 bits per heavy atom. The number of alkyl halides is 3. The molecule has 1 aliphatic rings. The highest BCUT2D eigenvalue weighted by Crippen LogP contribution is 2.27. The Kier molecular flexibility index (Phi) is 4.32. The van der Waals surface area contributed by atoms with Gasteiger partial charge in [0.1, 0.15) is 6.54 Å². The van der Waals surface area contributed by atoms with Crippen molar-refractivity contribution in [3.8, 4) is 0 Å². The molecule has 1 fully saturated rings. The first-order valence-corrected chi connectivity index (χ1v) is 6.41. The van der Waals surface area contributed by atoms with Crippen molar-refractivity contribution in [3.05, 3.63) is 18.0 Å². The summed E-state index contributed by atoms with van der Waals surface area (Å²) in [6.45, 7) is -0.254. The van der Waals surface area contributed by atoms with E-state index in [-0.39, 0.29) is 25.1 Å². The van der Waals surface area contributed by atoms with Crippen LogP contribution in [0.4, 0.5) is 13.2 Å². The number of carbonyl (C=O) groups excluding carboxylic acids is 1. The van der Waals surface area contributed by atoms with E-state index >= 15 is 0 Å². The zero-order valence-electron chi connectivity index (χ0n) is 10.7. The molecule has 0 aromatic carbocycles. The van der Waals surface area contributed by atoms with Gasteiger partial charge in [-0.25, -0.2) is 0 Å². The van der Waals surface area contributed by atoms with Crippen molar-refractivity contribution < 1.29 is 23.1 Å². The maximum absolute atomic E-state index is 12.4. The summed E-state index contributed by atoms with van der Waals surface area (Å²) >= 11 is 0. The molecule has 1 heterocycles. The fourth-order valence-corrected chi connectivity index (χ4v) is 2.45. The van der Waals surface area contributed by atoms with Crippen LogP contribution in [0.3, 0.4) is 0 Å². The van der Waals surface area contributed by atoms with Crippen LogP contribution in [0.2, 0.25) is 0 Å². The lowest BCUT2D eigenvalue weighted by atomic mass is 10.1. The molecule has 2 rings (SSSR count). The Morgan fingerprint density at radius 3 is 2.85 bits per heavy atom. The zero-order valence-corrected chi connectivity index (χ0v) is 10.7. The molecule has 0 bridgehead atoms. The number of amides is 1. The smallest absolute Gasteiger partial charge is 0.396 e. The lowest BCUT2D eigenvalue weighted by Crippen LogP contribution is -2.40. The number of aliphatic hydroxyl groups excluding tert-OH is 1. The second-order valence-corrected chi connectivity index (χ2v) is 4.94. The predicted molar refractivity (Wildman–Crippen MR) is 63.6 cm³/mol. The fraction of sp³-hybridized carbons (Fsp3) is 0.667. The summed E-state index contributed by atoms with van der Waals surface area (Å²) < 4.78 is 38.0. The predicted octanol–water partition coefficient (Wildman–Crippen LogP) is 1.18. The van der Waals surface area contributed by atoms with Gasteiger partial charge in [-0.15, -0.1) is 0 Å². The monoisotopic (exact) mass is 291 g/mol. The number of hydrogen-bond acceptors (Lipinski definition) is 3. The van der Waals surface area contributed by atoms with Crippen LogP contribution >= 0.6 is 0 Å². The van der Waals surface area contributed by atoms with Crippen molar-refractivity contribution >= 4 is 5.91 Å². The number of halogens is 3. The number of aromatic nitrogens is 2. The van der Waals surface area contributed by atoms with Gasteiger partial charge < -0.3 is 10.4 Å². The van der Waals surface area contributed by atoms with Crippen LogP contribution < -0.4 is 5.32 Å². The number of carbonyl (C=O) groups is 1. The van der Waals surface area contributed by atoms with E-state index in [1.807, 2.05) is 0 Å². The Bertz CT molecular complexity index is 473. The average molecular weight is 291 g/mol. The van der Waals surface area contributed by atoms with E-state index in [2.05, 4.69) is 10.4 Å². The van der Waals surface area contributed by atoms with Gasteiger partial charge in [-0.2, -0.15) is 18.3 Å². The summed E-state index contributed by atoms with van der Waals surface area (Å²) in [6.07, 6.45) is -0.822.